The third kappa shape index (κ3) is 34.9. The maximum Gasteiger partial charge on any atom is 0.220 e. The molecule has 0 aromatic heterocycles. The Kier molecular flexibility index (Phi) is 48.1. The van der Waals surface area contributed by atoms with Gasteiger partial charge >= 0.3 is 0 Å². The summed E-state index contributed by atoms with van der Waals surface area (Å²) in [6, 6.07) is -0.998. The van der Waals surface area contributed by atoms with Crippen LogP contribution < -0.4 is 5.32 Å². The Morgan fingerprint density at radius 2 is 0.761 bits per heavy atom. The van der Waals surface area contributed by atoms with Gasteiger partial charge in [0.05, 0.1) is 38.6 Å². The smallest absolute Gasteiger partial charge is 0.220 e. The number of allylic oxidation sites excluding steroid dienone is 17. The molecule has 3 aliphatic heterocycles. The van der Waals surface area contributed by atoms with Crippen molar-refractivity contribution in [3.05, 3.63) is 109 Å². The second kappa shape index (κ2) is 53.6. The first-order chi connectivity index (χ1) is 44.8. The van der Waals surface area contributed by atoms with E-state index in [1.165, 1.54) is 83.5 Å². The lowest BCUT2D eigenvalue weighted by Crippen LogP contribution is -2.66. The summed E-state index contributed by atoms with van der Waals surface area (Å²) in [5.41, 5.74) is 0. The third-order valence-electron chi connectivity index (χ3n) is 16.8. The minimum Gasteiger partial charge on any atom is -0.394 e. The SMILES string of the molecule is CC/C=C\C/C=C\C/C=C\C/C=C\C/C=C\C/C=C\C/C=C\CCCCCCCCCCCCCC(=O)NC(COC1OC(CO)C(OC2OC(CO)C(OC3OC(CO)C(O)C(O)C3O)C(O)C2O)C(O)C1O)C(O)/C=C/CC/C=C/CCCCCCCCCC. The highest BCUT2D eigenvalue weighted by Gasteiger charge is 2.53. The predicted octanol–water partition coefficient (Wildman–Crippen LogP) is 9.44. The fraction of sp³-hybridized carbons (Fsp3) is 0.740. The summed E-state index contributed by atoms with van der Waals surface area (Å²) in [5.74, 6) is -0.294. The number of carbonyl (C=O) groups is 1. The van der Waals surface area contributed by atoms with Crippen LogP contribution in [0.1, 0.15) is 213 Å². The molecular formula is C73H123NO18. The van der Waals surface area contributed by atoms with Crippen molar-refractivity contribution < 1.29 is 89.4 Å². The zero-order chi connectivity index (χ0) is 66.8. The molecule has 528 valence electrons. The number of aliphatic hydroxyl groups excluding tert-OH is 11. The summed E-state index contributed by atoms with van der Waals surface area (Å²) in [4.78, 5) is 13.4. The Balaban J connectivity index is 1.39. The number of rotatable bonds is 52. The number of aliphatic hydroxyl groups is 11. The molecule has 17 atom stereocenters. The zero-order valence-electron chi connectivity index (χ0n) is 55.7. The highest BCUT2D eigenvalue weighted by atomic mass is 16.8. The van der Waals surface area contributed by atoms with Gasteiger partial charge in [0.25, 0.3) is 0 Å². The van der Waals surface area contributed by atoms with Gasteiger partial charge in [-0.15, -0.1) is 0 Å². The molecule has 1 amide bonds. The van der Waals surface area contributed by atoms with Gasteiger partial charge in [0.2, 0.25) is 5.91 Å². The third-order valence-corrected chi connectivity index (χ3v) is 16.8. The summed E-state index contributed by atoms with van der Waals surface area (Å²) < 4.78 is 34.3. The summed E-state index contributed by atoms with van der Waals surface area (Å²) in [6.45, 7) is 1.57. The molecule has 19 heteroatoms. The van der Waals surface area contributed by atoms with Crippen LogP contribution in [0.5, 0.6) is 0 Å². The molecular weight excluding hydrogens is 1180 g/mol. The average molecular weight is 1300 g/mol. The lowest BCUT2D eigenvalue weighted by molar-refractivity contribution is -0.379. The van der Waals surface area contributed by atoms with Crippen molar-refractivity contribution in [1.29, 1.82) is 0 Å². The first-order valence-corrected chi connectivity index (χ1v) is 35.1. The fourth-order valence-electron chi connectivity index (χ4n) is 11.1. The number of hydrogen-bond donors (Lipinski definition) is 12. The Morgan fingerprint density at radius 3 is 1.22 bits per heavy atom. The van der Waals surface area contributed by atoms with Gasteiger partial charge in [0, 0.05) is 6.42 Å². The van der Waals surface area contributed by atoms with E-state index in [4.69, 9.17) is 28.4 Å². The molecule has 0 bridgehead atoms. The molecule has 3 rings (SSSR count). The zero-order valence-corrected chi connectivity index (χ0v) is 55.7. The molecule has 0 radical (unpaired) electrons. The lowest BCUT2D eigenvalue weighted by Gasteiger charge is -2.48. The van der Waals surface area contributed by atoms with E-state index in [1.54, 1.807) is 6.08 Å². The van der Waals surface area contributed by atoms with E-state index < -0.39 is 124 Å². The van der Waals surface area contributed by atoms with Crippen LogP contribution in [0.3, 0.4) is 0 Å². The van der Waals surface area contributed by atoms with E-state index in [2.05, 4.69) is 116 Å². The van der Waals surface area contributed by atoms with Crippen LogP contribution >= 0.6 is 0 Å². The standard InChI is InChI=1S/C73H123NO18/c1-3-5-7-9-11-13-15-17-19-20-21-22-23-24-25-26-27-28-29-30-31-32-33-34-35-36-37-39-41-43-45-47-49-51-61(79)74-56(57(78)50-48-46-44-42-40-38-18-16-14-12-10-8-6-4-2)55-87-71-67(85)64(82)69(59(53-76)89-71)92-73-68(86)65(83)70(60(54-77)90-73)91-72-66(84)63(81)62(80)58(52-75)88-72/h5,7,11,13,17,19,21-22,24-25,27-28,30-31,40,42,48,50,56-60,62-73,75-78,80-86H,3-4,6,8-10,12,14-16,18,20,23,26,29,32-39,41,43-47,49,51-55H2,1-2H3,(H,74,79)/b7-5-,13-11-,19-17-,22-21-,25-24-,28-27-,31-30-,42-40+,50-48+. The highest BCUT2D eigenvalue weighted by molar-refractivity contribution is 5.76. The summed E-state index contributed by atoms with van der Waals surface area (Å²) >= 11 is 0. The van der Waals surface area contributed by atoms with Crippen LogP contribution in [-0.4, -0.2) is 193 Å². The fourth-order valence-corrected chi connectivity index (χ4v) is 11.1. The van der Waals surface area contributed by atoms with Gasteiger partial charge in [-0.05, 0) is 89.9 Å². The number of ether oxygens (including phenoxy) is 6. The topological polar surface area (TPSA) is 307 Å². The Bertz CT molecular complexity index is 2090. The van der Waals surface area contributed by atoms with E-state index in [1.807, 2.05) is 6.08 Å². The summed E-state index contributed by atoms with van der Waals surface area (Å²) in [5, 5.41) is 120. The van der Waals surface area contributed by atoms with Gasteiger partial charge in [-0.2, -0.15) is 0 Å². The number of unbranched alkanes of at least 4 members (excludes halogenated alkanes) is 20. The number of amides is 1. The first kappa shape index (κ1) is 82.7. The average Bonchev–Trinajstić information content (AvgIpc) is 0.840. The van der Waals surface area contributed by atoms with Gasteiger partial charge in [0.15, 0.2) is 18.9 Å². The maximum atomic E-state index is 13.4. The second-order valence-corrected chi connectivity index (χ2v) is 24.6. The quantitative estimate of drug-likeness (QED) is 0.0199. The molecule has 92 heavy (non-hydrogen) atoms. The molecule has 0 aromatic carbocycles. The molecule has 3 aliphatic rings. The molecule has 3 heterocycles. The van der Waals surface area contributed by atoms with E-state index in [9.17, 15) is 61.0 Å². The predicted molar refractivity (Wildman–Crippen MR) is 360 cm³/mol. The van der Waals surface area contributed by atoms with E-state index in [-0.39, 0.29) is 18.9 Å². The number of carbonyl (C=O) groups excluding carboxylic acids is 1. The first-order valence-electron chi connectivity index (χ1n) is 35.1. The van der Waals surface area contributed by atoms with Crippen molar-refractivity contribution >= 4 is 5.91 Å². The number of nitrogens with one attached hydrogen (secondary N) is 1. The minimum atomic E-state index is -1.99. The van der Waals surface area contributed by atoms with Crippen molar-refractivity contribution in [2.75, 3.05) is 26.4 Å². The Morgan fingerprint density at radius 1 is 0.402 bits per heavy atom. The monoisotopic (exact) mass is 1300 g/mol. The van der Waals surface area contributed by atoms with Crippen molar-refractivity contribution in [3.63, 3.8) is 0 Å². The minimum absolute atomic E-state index is 0.225. The van der Waals surface area contributed by atoms with Crippen LogP contribution in [0.2, 0.25) is 0 Å². The van der Waals surface area contributed by atoms with Crippen LogP contribution in [0.4, 0.5) is 0 Å². The van der Waals surface area contributed by atoms with E-state index in [0.29, 0.717) is 12.8 Å². The normalized spacial score (nSPS) is 28.4. The Hall–Kier alpha value is -3.55. The van der Waals surface area contributed by atoms with Crippen molar-refractivity contribution in [2.45, 2.75) is 317 Å². The van der Waals surface area contributed by atoms with E-state index >= 15 is 0 Å². The maximum absolute atomic E-state index is 13.4. The van der Waals surface area contributed by atoms with Gasteiger partial charge < -0.3 is 89.9 Å². The highest BCUT2D eigenvalue weighted by Crippen LogP contribution is 2.33. The second-order valence-electron chi connectivity index (χ2n) is 24.6. The molecule has 0 aliphatic carbocycles. The Labute approximate surface area is 551 Å². The molecule has 17 unspecified atom stereocenters. The van der Waals surface area contributed by atoms with Crippen molar-refractivity contribution in [2.24, 2.45) is 0 Å². The van der Waals surface area contributed by atoms with Gasteiger partial charge in [-0.3, -0.25) is 4.79 Å². The van der Waals surface area contributed by atoms with Gasteiger partial charge in [-0.1, -0.05) is 226 Å². The molecule has 12 N–H and O–H groups in total. The lowest BCUT2D eigenvalue weighted by atomic mass is 9.96. The van der Waals surface area contributed by atoms with Crippen molar-refractivity contribution in [1.82, 2.24) is 5.32 Å². The largest absolute Gasteiger partial charge is 0.394 e. The van der Waals surface area contributed by atoms with Crippen LogP contribution in [0.15, 0.2) is 109 Å². The van der Waals surface area contributed by atoms with Gasteiger partial charge in [0.1, 0.15) is 73.2 Å². The molecule has 3 fully saturated rings. The van der Waals surface area contributed by atoms with Crippen molar-refractivity contribution in [3.8, 4) is 0 Å². The molecule has 0 saturated carbocycles. The van der Waals surface area contributed by atoms with Gasteiger partial charge in [-0.25, -0.2) is 0 Å². The molecule has 0 aromatic rings. The van der Waals surface area contributed by atoms with Crippen LogP contribution in [-0.2, 0) is 33.2 Å². The van der Waals surface area contributed by atoms with E-state index in [0.717, 1.165) is 96.3 Å². The number of hydrogen-bond acceptors (Lipinski definition) is 18. The van der Waals surface area contributed by atoms with Crippen LogP contribution in [0, 0.1) is 0 Å². The molecule has 0 spiro atoms. The van der Waals surface area contributed by atoms with Crippen LogP contribution in [0.25, 0.3) is 0 Å². The summed E-state index contributed by atoms with van der Waals surface area (Å²) in [6.07, 6.45) is 45.0. The molecule has 3 saturated heterocycles. The summed E-state index contributed by atoms with van der Waals surface area (Å²) in [7, 11) is 0. The molecule has 19 nitrogen and oxygen atoms in total.